The zero-order valence-electron chi connectivity index (χ0n) is 13.5. The summed E-state index contributed by atoms with van der Waals surface area (Å²) in [5, 5.41) is 10.2. The van der Waals surface area contributed by atoms with Crippen LogP contribution >= 0.6 is 0 Å². The topological polar surface area (TPSA) is 41.9 Å². The number of para-hydroxylation sites is 1. The number of aliphatic hydroxyl groups is 1. The van der Waals surface area contributed by atoms with Crippen LogP contribution in [-0.4, -0.2) is 54.6 Å². The lowest BCUT2D eigenvalue weighted by molar-refractivity contribution is -0.0787. The van der Waals surface area contributed by atoms with Crippen molar-refractivity contribution in [3.8, 4) is 5.75 Å². The lowest BCUT2D eigenvalue weighted by atomic mass is 10.1. The van der Waals surface area contributed by atoms with Crippen LogP contribution in [-0.2, 0) is 4.74 Å². The Labute approximate surface area is 127 Å². The molecule has 1 N–H and O–H groups in total. The Morgan fingerprint density at radius 2 is 1.81 bits per heavy atom. The molecule has 0 amide bonds. The molecule has 3 atom stereocenters. The van der Waals surface area contributed by atoms with Crippen molar-refractivity contribution in [2.75, 3.05) is 26.2 Å². The van der Waals surface area contributed by atoms with Crippen molar-refractivity contribution in [1.29, 1.82) is 0 Å². The van der Waals surface area contributed by atoms with Crippen molar-refractivity contribution in [3.05, 3.63) is 29.3 Å². The first kappa shape index (κ1) is 16.3. The minimum absolute atomic E-state index is 0.223. The van der Waals surface area contributed by atoms with Gasteiger partial charge in [-0.1, -0.05) is 18.2 Å². The lowest BCUT2D eigenvalue weighted by Gasteiger charge is -2.36. The molecule has 1 saturated heterocycles. The molecule has 4 heteroatoms. The molecule has 1 aliphatic rings. The second kappa shape index (κ2) is 7.25. The fourth-order valence-electron chi connectivity index (χ4n) is 2.99. The summed E-state index contributed by atoms with van der Waals surface area (Å²) in [6.45, 7) is 10.9. The Bertz CT molecular complexity index is 433. The fraction of sp³-hybridized carbons (Fsp3) is 0.647. The van der Waals surface area contributed by atoms with Gasteiger partial charge in [0.15, 0.2) is 0 Å². The predicted octanol–water partition coefficient (Wildman–Crippen LogP) is 2.15. The summed E-state index contributed by atoms with van der Waals surface area (Å²) >= 11 is 0. The van der Waals surface area contributed by atoms with Gasteiger partial charge in [-0.15, -0.1) is 0 Å². The maximum atomic E-state index is 10.2. The van der Waals surface area contributed by atoms with Gasteiger partial charge in [0.1, 0.15) is 18.5 Å². The number of benzene rings is 1. The van der Waals surface area contributed by atoms with Gasteiger partial charge in [0.2, 0.25) is 0 Å². The van der Waals surface area contributed by atoms with Gasteiger partial charge in [-0.2, -0.15) is 0 Å². The van der Waals surface area contributed by atoms with Gasteiger partial charge in [0.05, 0.1) is 12.2 Å². The van der Waals surface area contributed by atoms with Crippen LogP contribution in [0.2, 0.25) is 0 Å². The molecule has 0 spiro atoms. The van der Waals surface area contributed by atoms with Crippen LogP contribution in [0, 0.1) is 13.8 Å². The van der Waals surface area contributed by atoms with E-state index in [0.29, 0.717) is 13.2 Å². The van der Waals surface area contributed by atoms with Gasteiger partial charge in [-0.3, -0.25) is 4.90 Å². The molecule has 4 nitrogen and oxygen atoms in total. The summed E-state index contributed by atoms with van der Waals surface area (Å²) in [6.07, 6.45) is -0.0394. The number of morpholine rings is 1. The fourth-order valence-corrected chi connectivity index (χ4v) is 2.99. The highest BCUT2D eigenvalue weighted by Crippen LogP contribution is 2.22. The van der Waals surface area contributed by atoms with Gasteiger partial charge in [-0.05, 0) is 38.8 Å². The van der Waals surface area contributed by atoms with Crippen molar-refractivity contribution in [3.63, 3.8) is 0 Å². The number of rotatable bonds is 5. The Balaban J connectivity index is 1.83. The first-order valence-corrected chi connectivity index (χ1v) is 7.70. The molecule has 1 aromatic rings. The van der Waals surface area contributed by atoms with Gasteiger partial charge < -0.3 is 14.6 Å². The number of hydrogen-bond donors (Lipinski definition) is 1. The summed E-state index contributed by atoms with van der Waals surface area (Å²) < 4.78 is 11.5. The van der Waals surface area contributed by atoms with E-state index in [1.54, 1.807) is 0 Å². The smallest absolute Gasteiger partial charge is 0.125 e. The molecule has 2 rings (SSSR count). The second-order valence-electron chi connectivity index (χ2n) is 6.16. The number of ether oxygens (including phenoxy) is 2. The summed E-state index contributed by atoms with van der Waals surface area (Å²) in [4.78, 5) is 2.25. The average molecular weight is 293 g/mol. The molecule has 1 aromatic carbocycles. The van der Waals surface area contributed by atoms with Crippen LogP contribution in [0.25, 0.3) is 0 Å². The molecule has 1 heterocycles. The Hall–Kier alpha value is -1.10. The summed E-state index contributed by atoms with van der Waals surface area (Å²) in [6, 6.07) is 6.07. The minimum atomic E-state index is -0.485. The van der Waals surface area contributed by atoms with Gasteiger partial charge in [0, 0.05) is 19.6 Å². The Morgan fingerprint density at radius 3 is 2.38 bits per heavy atom. The summed E-state index contributed by atoms with van der Waals surface area (Å²) in [5.74, 6) is 0.889. The van der Waals surface area contributed by atoms with E-state index in [4.69, 9.17) is 9.47 Å². The highest BCUT2D eigenvalue weighted by Gasteiger charge is 2.24. The SMILES string of the molecule is Cc1cccc(C)c1OC[C@@H](O)CN1C[C@@H](C)O[C@H](C)C1. The van der Waals surface area contributed by atoms with E-state index in [9.17, 15) is 5.11 Å². The molecule has 0 aromatic heterocycles. The quantitative estimate of drug-likeness (QED) is 0.903. The van der Waals surface area contributed by atoms with E-state index in [2.05, 4.69) is 18.7 Å². The van der Waals surface area contributed by atoms with E-state index in [1.807, 2.05) is 32.0 Å². The standard InChI is InChI=1S/C17H27NO3/c1-12-6-5-7-13(2)17(12)20-11-16(19)10-18-8-14(3)21-15(4)9-18/h5-7,14-16,19H,8-11H2,1-4H3/t14-,15-,16+/m1/s1. The molecule has 0 unspecified atom stereocenters. The molecule has 0 saturated carbocycles. The molecule has 21 heavy (non-hydrogen) atoms. The molecule has 1 fully saturated rings. The number of aliphatic hydroxyl groups excluding tert-OH is 1. The maximum Gasteiger partial charge on any atom is 0.125 e. The summed E-state index contributed by atoms with van der Waals surface area (Å²) in [5.41, 5.74) is 2.21. The molecule has 0 radical (unpaired) electrons. The van der Waals surface area contributed by atoms with Crippen LogP contribution in [0.3, 0.4) is 0 Å². The highest BCUT2D eigenvalue weighted by atomic mass is 16.5. The van der Waals surface area contributed by atoms with Crippen LogP contribution in [0.4, 0.5) is 0 Å². The van der Waals surface area contributed by atoms with E-state index in [0.717, 1.165) is 30.0 Å². The summed E-state index contributed by atoms with van der Waals surface area (Å²) in [7, 11) is 0. The predicted molar refractivity (Wildman–Crippen MR) is 83.9 cm³/mol. The average Bonchev–Trinajstić information content (AvgIpc) is 2.36. The van der Waals surface area contributed by atoms with Crippen molar-refractivity contribution in [2.24, 2.45) is 0 Å². The number of nitrogens with zero attached hydrogens (tertiary/aromatic N) is 1. The van der Waals surface area contributed by atoms with Crippen molar-refractivity contribution in [2.45, 2.75) is 46.0 Å². The zero-order chi connectivity index (χ0) is 15.4. The first-order chi connectivity index (χ1) is 9.95. The van der Waals surface area contributed by atoms with Gasteiger partial charge in [0.25, 0.3) is 0 Å². The van der Waals surface area contributed by atoms with Crippen LogP contribution in [0.1, 0.15) is 25.0 Å². The highest BCUT2D eigenvalue weighted by molar-refractivity contribution is 5.39. The molecule has 1 aliphatic heterocycles. The van der Waals surface area contributed by atoms with E-state index in [1.165, 1.54) is 0 Å². The molecule has 0 bridgehead atoms. The maximum absolute atomic E-state index is 10.2. The van der Waals surface area contributed by atoms with Crippen LogP contribution in [0.15, 0.2) is 18.2 Å². The van der Waals surface area contributed by atoms with E-state index >= 15 is 0 Å². The number of β-amino-alcohol motifs (C(OH)–C–C–N with tert-alkyl or cyclic N) is 1. The monoisotopic (exact) mass is 293 g/mol. The van der Waals surface area contributed by atoms with Crippen molar-refractivity contribution < 1.29 is 14.6 Å². The molecular weight excluding hydrogens is 266 g/mol. The molecule has 0 aliphatic carbocycles. The Kier molecular flexibility index (Phi) is 5.62. The van der Waals surface area contributed by atoms with Gasteiger partial charge >= 0.3 is 0 Å². The number of hydrogen-bond acceptors (Lipinski definition) is 4. The Morgan fingerprint density at radius 1 is 1.24 bits per heavy atom. The zero-order valence-corrected chi connectivity index (χ0v) is 13.5. The van der Waals surface area contributed by atoms with Crippen LogP contribution < -0.4 is 4.74 Å². The third-order valence-electron chi connectivity index (χ3n) is 3.79. The van der Waals surface area contributed by atoms with E-state index < -0.39 is 6.10 Å². The van der Waals surface area contributed by atoms with Gasteiger partial charge in [-0.25, -0.2) is 0 Å². The van der Waals surface area contributed by atoms with E-state index in [-0.39, 0.29) is 12.2 Å². The third kappa shape index (κ3) is 4.70. The lowest BCUT2D eigenvalue weighted by Crippen LogP contribution is -2.48. The normalized spacial score (nSPS) is 24.8. The molecular formula is C17H27NO3. The van der Waals surface area contributed by atoms with Crippen molar-refractivity contribution >= 4 is 0 Å². The largest absolute Gasteiger partial charge is 0.490 e. The minimum Gasteiger partial charge on any atom is -0.490 e. The first-order valence-electron chi connectivity index (χ1n) is 7.70. The van der Waals surface area contributed by atoms with Crippen molar-refractivity contribution in [1.82, 2.24) is 4.90 Å². The third-order valence-corrected chi connectivity index (χ3v) is 3.79. The molecule has 118 valence electrons. The number of aryl methyl sites for hydroxylation is 2. The second-order valence-corrected chi connectivity index (χ2v) is 6.16. The van der Waals surface area contributed by atoms with Crippen LogP contribution in [0.5, 0.6) is 5.75 Å².